The lowest BCUT2D eigenvalue weighted by atomic mass is 10.1. The summed E-state index contributed by atoms with van der Waals surface area (Å²) >= 11 is 0. The van der Waals surface area contributed by atoms with Crippen LogP contribution in [0.4, 0.5) is 4.39 Å². The van der Waals surface area contributed by atoms with Crippen LogP contribution < -0.4 is 15.6 Å². The van der Waals surface area contributed by atoms with Crippen LogP contribution in [0.1, 0.15) is 29.0 Å². The first-order valence-electron chi connectivity index (χ1n) is 7.76. The van der Waals surface area contributed by atoms with Gasteiger partial charge in [-0.15, -0.1) is 0 Å². The van der Waals surface area contributed by atoms with Gasteiger partial charge in [-0.3, -0.25) is 9.59 Å². The molecule has 3 rings (SSSR count). The monoisotopic (exact) mass is 340 g/mol. The molecule has 0 aliphatic heterocycles. The molecule has 2 N–H and O–H groups in total. The number of hydrogen-bond donors (Lipinski definition) is 2. The van der Waals surface area contributed by atoms with Gasteiger partial charge in [0.15, 0.2) is 11.6 Å². The molecule has 1 aromatic heterocycles. The second-order valence-corrected chi connectivity index (χ2v) is 5.69. The number of aromatic nitrogens is 1. The molecule has 25 heavy (non-hydrogen) atoms. The Morgan fingerprint density at radius 3 is 2.68 bits per heavy atom. The summed E-state index contributed by atoms with van der Waals surface area (Å²) in [6.07, 6.45) is 0. The molecule has 0 bridgehead atoms. The van der Waals surface area contributed by atoms with Crippen molar-refractivity contribution in [1.29, 1.82) is 0 Å². The van der Waals surface area contributed by atoms with Gasteiger partial charge in [-0.25, -0.2) is 4.39 Å². The van der Waals surface area contributed by atoms with Crippen LogP contribution in [0, 0.1) is 5.82 Å². The van der Waals surface area contributed by atoms with Crippen molar-refractivity contribution in [2.75, 3.05) is 7.11 Å². The van der Waals surface area contributed by atoms with Gasteiger partial charge in [0, 0.05) is 5.39 Å². The molecule has 0 saturated carbocycles. The third kappa shape index (κ3) is 3.38. The number of benzene rings is 2. The number of ether oxygens (including phenoxy) is 1. The molecule has 128 valence electrons. The highest BCUT2D eigenvalue weighted by atomic mass is 19.1. The molecule has 0 saturated heterocycles. The average molecular weight is 340 g/mol. The lowest BCUT2D eigenvalue weighted by molar-refractivity contribution is 0.0934. The van der Waals surface area contributed by atoms with Crippen molar-refractivity contribution < 1.29 is 13.9 Å². The summed E-state index contributed by atoms with van der Waals surface area (Å²) in [6.45, 7) is 1.73. The minimum absolute atomic E-state index is 0.140. The van der Waals surface area contributed by atoms with E-state index in [0.717, 1.165) is 0 Å². The number of aromatic amines is 1. The van der Waals surface area contributed by atoms with Crippen molar-refractivity contribution in [2.24, 2.45) is 0 Å². The maximum atomic E-state index is 13.8. The number of nitrogens with one attached hydrogen (secondary N) is 2. The predicted molar refractivity (Wildman–Crippen MR) is 93.4 cm³/mol. The molecular weight excluding hydrogens is 323 g/mol. The maximum Gasteiger partial charge on any atom is 0.268 e. The predicted octanol–water partition coefficient (Wildman–Crippen LogP) is 3.17. The Hall–Kier alpha value is -3.15. The van der Waals surface area contributed by atoms with Gasteiger partial charge < -0.3 is 15.0 Å². The molecule has 1 atom stereocenters. The van der Waals surface area contributed by atoms with Gasteiger partial charge in [0.1, 0.15) is 5.69 Å². The number of pyridine rings is 1. The lowest BCUT2D eigenvalue weighted by Crippen LogP contribution is -2.29. The van der Waals surface area contributed by atoms with Crippen molar-refractivity contribution >= 4 is 16.7 Å². The normalized spacial score (nSPS) is 12.0. The fraction of sp³-hybridized carbons (Fsp3) is 0.158. The van der Waals surface area contributed by atoms with Crippen LogP contribution >= 0.6 is 0 Å². The second kappa shape index (κ2) is 6.76. The minimum Gasteiger partial charge on any atom is -0.494 e. The Morgan fingerprint density at radius 2 is 1.96 bits per heavy atom. The molecule has 1 heterocycles. The van der Waals surface area contributed by atoms with Crippen LogP contribution in [0.25, 0.3) is 10.8 Å². The molecule has 0 fully saturated rings. The van der Waals surface area contributed by atoms with Gasteiger partial charge in [-0.1, -0.05) is 24.3 Å². The zero-order valence-corrected chi connectivity index (χ0v) is 13.8. The molecule has 0 radical (unpaired) electrons. The molecule has 3 aromatic rings. The number of halogens is 1. The standard InChI is InChI=1S/C19H17FN2O3/c1-11(12-7-8-17(25-2)15(20)9-12)21-19(24)16-10-13-5-3-4-6-14(13)18(23)22-16/h3-11H,1-2H3,(H,21,24)(H,22,23). The zero-order chi connectivity index (χ0) is 18.0. The number of carbonyl (C=O) groups excluding carboxylic acids is 1. The first-order valence-corrected chi connectivity index (χ1v) is 7.76. The number of methoxy groups -OCH3 is 1. The maximum absolute atomic E-state index is 13.8. The number of fused-ring (bicyclic) bond motifs is 1. The Kier molecular flexibility index (Phi) is 4.52. The molecule has 2 aromatic carbocycles. The van der Waals surface area contributed by atoms with Crippen LogP contribution in [0.5, 0.6) is 5.75 Å². The first kappa shape index (κ1) is 16.7. The van der Waals surface area contributed by atoms with E-state index in [0.29, 0.717) is 16.3 Å². The van der Waals surface area contributed by atoms with E-state index in [1.165, 1.54) is 19.2 Å². The summed E-state index contributed by atoms with van der Waals surface area (Å²) in [4.78, 5) is 27.1. The van der Waals surface area contributed by atoms with Crippen molar-refractivity contribution in [3.05, 3.63) is 76.0 Å². The van der Waals surface area contributed by atoms with Crippen LogP contribution in [0.15, 0.2) is 53.3 Å². The van der Waals surface area contributed by atoms with Gasteiger partial charge in [-0.2, -0.15) is 0 Å². The molecule has 0 aliphatic carbocycles. The number of amides is 1. The SMILES string of the molecule is COc1ccc(C(C)NC(=O)c2cc3ccccc3c(=O)[nH]2)cc1F. The van der Waals surface area contributed by atoms with E-state index in [4.69, 9.17) is 4.74 Å². The van der Waals surface area contributed by atoms with E-state index >= 15 is 0 Å². The summed E-state index contributed by atoms with van der Waals surface area (Å²) in [6, 6.07) is 12.7. The zero-order valence-electron chi connectivity index (χ0n) is 13.8. The Bertz CT molecular complexity index is 997. The van der Waals surface area contributed by atoms with Crippen LogP contribution in [-0.4, -0.2) is 18.0 Å². The number of hydrogen-bond acceptors (Lipinski definition) is 3. The highest BCUT2D eigenvalue weighted by Crippen LogP contribution is 2.22. The average Bonchev–Trinajstić information content (AvgIpc) is 2.61. The molecule has 6 heteroatoms. The summed E-state index contributed by atoms with van der Waals surface area (Å²) in [5, 5.41) is 3.95. The molecular formula is C19H17FN2O3. The van der Waals surface area contributed by atoms with Gasteiger partial charge >= 0.3 is 0 Å². The van der Waals surface area contributed by atoms with E-state index < -0.39 is 17.8 Å². The Morgan fingerprint density at radius 1 is 1.20 bits per heavy atom. The van der Waals surface area contributed by atoms with Crippen molar-refractivity contribution in [3.63, 3.8) is 0 Å². The Labute approximate surface area is 143 Å². The van der Waals surface area contributed by atoms with E-state index in [1.807, 2.05) is 0 Å². The highest BCUT2D eigenvalue weighted by molar-refractivity contribution is 5.96. The second-order valence-electron chi connectivity index (χ2n) is 5.69. The van der Waals surface area contributed by atoms with Crippen molar-refractivity contribution in [3.8, 4) is 5.75 Å². The van der Waals surface area contributed by atoms with Crippen LogP contribution in [0.3, 0.4) is 0 Å². The van der Waals surface area contributed by atoms with Gasteiger partial charge in [0.2, 0.25) is 0 Å². The van der Waals surface area contributed by atoms with Gasteiger partial charge in [0.05, 0.1) is 13.2 Å². The third-order valence-electron chi connectivity index (χ3n) is 4.02. The molecule has 1 amide bonds. The highest BCUT2D eigenvalue weighted by Gasteiger charge is 2.15. The lowest BCUT2D eigenvalue weighted by Gasteiger charge is -2.15. The largest absolute Gasteiger partial charge is 0.494 e. The fourth-order valence-electron chi connectivity index (χ4n) is 2.64. The smallest absolute Gasteiger partial charge is 0.268 e. The number of H-pyrrole nitrogens is 1. The first-order chi connectivity index (χ1) is 12.0. The molecule has 1 unspecified atom stereocenters. The molecule has 0 aliphatic rings. The summed E-state index contributed by atoms with van der Waals surface area (Å²) in [7, 11) is 1.39. The quantitative estimate of drug-likeness (QED) is 0.766. The van der Waals surface area contributed by atoms with E-state index in [1.54, 1.807) is 43.3 Å². The molecule has 0 spiro atoms. The summed E-state index contributed by atoms with van der Waals surface area (Å²) in [5.41, 5.74) is 0.422. The Balaban J connectivity index is 1.84. The summed E-state index contributed by atoms with van der Waals surface area (Å²) < 4.78 is 18.7. The van der Waals surface area contributed by atoms with Gasteiger partial charge in [0.25, 0.3) is 11.5 Å². The molecule has 5 nitrogen and oxygen atoms in total. The van der Waals surface area contributed by atoms with Crippen molar-refractivity contribution in [1.82, 2.24) is 10.3 Å². The third-order valence-corrected chi connectivity index (χ3v) is 4.02. The minimum atomic E-state index is -0.500. The number of carbonyl (C=O) groups is 1. The summed E-state index contributed by atoms with van der Waals surface area (Å²) in [5.74, 6) is -0.798. The van der Waals surface area contributed by atoms with Crippen molar-refractivity contribution in [2.45, 2.75) is 13.0 Å². The van der Waals surface area contributed by atoms with Crippen LogP contribution in [0.2, 0.25) is 0 Å². The topological polar surface area (TPSA) is 71.2 Å². The van der Waals surface area contributed by atoms with E-state index in [-0.39, 0.29) is 17.0 Å². The van der Waals surface area contributed by atoms with Gasteiger partial charge in [-0.05, 0) is 42.1 Å². The number of rotatable bonds is 4. The fourth-order valence-corrected chi connectivity index (χ4v) is 2.64. The van der Waals surface area contributed by atoms with E-state index in [9.17, 15) is 14.0 Å². The van der Waals surface area contributed by atoms with E-state index in [2.05, 4.69) is 10.3 Å². The van der Waals surface area contributed by atoms with Crippen LogP contribution in [-0.2, 0) is 0 Å².